The minimum Gasteiger partial charge on any atom is -0.423 e. The number of aliphatic hydroxyl groups excluding tert-OH is 1. The van der Waals surface area contributed by atoms with E-state index in [2.05, 4.69) is 15.5 Å². The standard InChI is InChI=1S/C14H17N3O3/c1-2-12(18)7-8-15-13(19)10-3-5-11(6-4-10)14-17-16-9-20-14/h3-6,9,12,18H,2,7-8H2,1H3,(H,15,19). The van der Waals surface area contributed by atoms with Crippen molar-refractivity contribution in [1.82, 2.24) is 15.5 Å². The zero-order valence-electron chi connectivity index (χ0n) is 11.2. The van der Waals surface area contributed by atoms with Crippen molar-refractivity contribution in [3.8, 4) is 11.5 Å². The van der Waals surface area contributed by atoms with Crippen molar-refractivity contribution in [2.24, 2.45) is 0 Å². The molecule has 6 nitrogen and oxygen atoms in total. The van der Waals surface area contributed by atoms with Gasteiger partial charge in [-0.1, -0.05) is 6.92 Å². The first-order valence-corrected chi connectivity index (χ1v) is 6.53. The summed E-state index contributed by atoms with van der Waals surface area (Å²) in [6.45, 7) is 2.36. The first-order valence-electron chi connectivity index (χ1n) is 6.53. The number of carbonyl (C=O) groups excluding carboxylic acids is 1. The van der Waals surface area contributed by atoms with Gasteiger partial charge in [0.2, 0.25) is 12.3 Å². The van der Waals surface area contributed by atoms with Gasteiger partial charge in [0.1, 0.15) is 0 Å². The van der Waals surface area contributed by atoms with Gasteiger partial charge in [-0.15, -0.1) is 10.2 Å². The van der Waals surface area contributed by atoms with Crippen molar-refractivity contribution in [1.29, 1.82) is 0 Å². The van der Waals surface area contributed by atoms with Crippen molar-refractivity contribution in [2.45, 2.75) is 25.9 Å². The van der Waals surface area contributed by atoms with E-state index in [0.29, 0.717) is 30.8 Å². The van der Waals surface area contributed by atoms with Gasteiger partial charge in [0.15, 0.2) is 0 Å². The van der Waals surface area contributed by atoms with Crippen LogP contribution in [-0.4, -0.2) is 33.9 Å². The molecule has 0 aliphatic rings. The third kappa shape index (κ3) is 3.64. The minimum atomic E-state index is -0.366. The molecule has 1 unspecified atom stereocenters. The van der Waals surface area contributed by atoms with E-state index < -0.39 is 0 Å². The molecule has 6 heteroatoms. The molecule has 0 bridgehead atoms. The van der Waals surface area contributed by atoms with Gasteiger partial charge < -0.3 is 14.8 Å². The Morgan fingerprint density at radius 1 is 1.40 bits per heavy atom. The third-order valence-electron chi connectivity index (χ3n) is 2.99. The van der Waals surface area contributed by atoms with E-state index in [0.717, 1.165) is 5.56 Å². The van der Waals surface area contributed by atoms with Crippen molar-refractivity contribution in [2.75, 3.05) is 6.54 Å². The van der Waals surface area contributed by atoms with Crippen LogP contribution in [0.5, 0.6) is 0 Å². The number of rotatable bonds is 6. The summed E-state index contributed by atoms with van der Waals surface area (Å²) in [5.41, 5.74) is 1.32. The van der Waals surface area contributed by atoms with Gasteiger partial charge in [-0.2, -0.15) is 0 Å². The van der Waals surface area contributed by atoms with Gasteiger partial charge in [-0.25, -0.2) is 0 Å². The fraction of sp³-hybridized carbons (Fsp3) is 0.357. The van der Waals surface area contributed by atoms with Gasteiger partial charge in [-0.05, 0) is 37.1 Å². The zero-order valence-corrected chi connectivity index (χ0v) is 11.2. The predicted molar refractivity (Wildman–Crippen MR) is 73.0 cm³/mol. The normalized spacial score (nSPS) is 12.1. The smallest absolute Gasteiger partial charge is 0.251 e. The highest BCUT2D eigenvalue weighted by molar-refractivity contribution is 5.94. The molecular formula is C14H17N3O3. The van der Waals surface area contributed by atoms with Gasteiger partial charge in [0.25, 0.3) is 5.91 Å². The summed E-state index contributed by atoms with van der Waals surface area (Å²) in [5.74, 6) is 0.258. The molecule has 0 aliphatic heterocycles. The second-order valence-corrected chi connectivity index (χ2v) is 4.43. The predicted octanol–water partition coefficient (Wildman–Crippen LogP) is 1.63. The molecule has 2 aromatic rings. The van der Waals surface area contributed by atoms with Crippen LogP contribution < -0.4 is 5.32 Å². The summed E-state index contributed by atoms with van der Waals surface area (Å²) >= 11 is 0. The molecule has 1 heterocycles. The molecule has 20 heavy (non-hydrogen) atoms. The fourth-order valence-corrected chi connectivity index (χ4v) is 1.72. The topological polar surface area (TPSA) is 88.2 Å². The molecule has 2 N–H and O–H groups in total. The summed E-state index contributed by atoms with van der Waals surface area (Å²) in [6, 6.07) is 6.91. The van der Waals surface area contributed by atoms with E-state index >= 15 is 0 Å². The van der Waals surface area contributed by atoms with Crippen molar-refractivity contribution in [3.05, 3.63) is 36.2 Å². The molecule has 1 atom stereocenters. The Hall–Kier alpha value is -2.21. The summed E-state index contributed by atoms with van der Waals surface area (Å²) in [4.78, 5) is 11.9. The Labute approximate surface area is 116 Å². The monoisotopic (exact) mass is 275 g/mol. The average molecular weight is 275 g/mol. The second kappa shape index (κ2) is 6.81. The number of aromatic nitrogens is 2. The van der Waals surface area contributed by atoms with Gasteiger partial charge >= 0.3 is 0 Å². The minimum absolute atomic E-state index is 0.162. The number of hydrogen-bond donors (Lipinski definition) is 2. The molecule has 1 aromatic heterocycles. The number of nitrogens with zero attached hydrogens (tertiary/aromatic N) is 2. The van der Waals surface area contributed by atoms with Crippen LogP contribution in [0.3, 0.4) is 0 Å². The van der Waals surface area contributed by atoms with Crippen LogP contribution in [0.1, 0.15) is 30.1 Å². The van der Waals surface area contributed by atoms with Crippen LogP contribution in [0.2, 0.25) is 0 Å². The maximum absolute atomic E-state index is 11.9. The van der Waals surface area contributed by atoms with Crippen LogP contribution in [0.25, 0.3) is 11.5 Å². The Morgan fingerprint density at radius 3 is 2.75 bits per heavy atom. The highest BCUT2D eigenvalue weighted by Gasteiger charge is 2.08. The molecule has 0 radical (unpaired) electrons. The largest absolute Gasteiger partial charge is 0.423 e. The molecule has 0 aliphatic carbocycles. The van der Waals surface area contributed by atoms with Crippen molar-refractivity contribution in [3.63, 3.8) is 0 Å². The van der Waals surface area contributed by atoms with E-state index in [1.54, 1.807) is 24.3 Å². The Morgan fingerprint density at radius 2 is 2.15 bits per heavy atom. The lowest BCUT2D eigenvalue weighted by Gasteiger charge is -2.09. The maximum Gasteiger partial charge on any atom is 0.251 e. The molecular weight excluding hydrogens is 258 g/mol. The van der Waals surface area contributed by atoms with E-state index in [4.69, 9.17) is 4.42 Å². The second-order valence-electron chi connectivity index (χ2n) is 4.43. The summed E-state index contributed by atoms with van der Waals surface area (Å²) in [7, 11) is 0. The van der Waals surface area contributed by atoms with Crippen LogP contribution in [0, 0.1) is 0 Å². The number of hydrogen-bond acceptors (Lipinski definition) is 5. The summed E-state index contributed by atoms with van der Waals surface area (Å²) in [5, 5.41) is 19.6. The maximum atomic E-state index is 11.9. The third-order valence-corrected chi connectivity index (χ3v) is 2.99. The number of carbonyl (C=O) groups is 1. The van der Waals surface area contributed by atoms with Gasteiger partial charge in [0.05, 0.1) is 6.10 Å². The molecule has 0 fully saturated rings. The zero-order chi connectivity index (χ0) is 14.4. The molecule has 1 amide bonds. The van der Waals surface area contributed by atoms with E-state index in [1.807, 2.05) is 6.92 Å². The van der Waals surface area contributed by atoms with Crippen LogP contribution >= 0.6 is 0 Å². The first kappa shape index (κ1) is 14.2. The fourth-order valence-electron chi connectivity index (χ4n) is 1.72. The lowest BCUT2D eigenvalue weighted by Crippen LogP contribution is -2.26. The Bertz CT molecular complexity index is 537. The molecule has 1 aromatic carbocycles. The van der Waals surface area contributed by atoms with Crippen molar-refractivity contribution < 1.29 is 14.3 Å². The molecule has 0 saturated carbocycles. The number of nitrogens with one attached hydrogen (secondary N) is 1. The lowest BCUT2D eigenvalue weighted by atomic mass is 10.1. The Kier molecular flexibility index (Phi) is 4.84. The summed E-state index contributed by atoms with van der Waals surface area (Å²) < 4.78 is 5.07. The highest BCUT2D eigenvalue weighted by Crippen LogP contribution is 2.16. The lowest BCUT2D eigenvalue weighted by molar-refractivity contribution is 0.0942. The van der Waals surface area contributed by atoms with Crippen LogP contribution in [-0.2, 0) is 0 Å². The number of amides is 1. The van der Waals surface area contributed by atoms with Crippen LogP contribution in [0.15, 0.2) is 35.1 Å². The molecule has 0 saturated heterocycles. The first-order chi connectivity index (χ1) is 9.70. The van der Waals surface area contributed by atoms with E-state index in [1.165, 1.54) is 6.39 Å². The SMILES string of the molecule is CCC(O)CCNC(=O)c1ccc(-c2nnco2)cc1. The molecule has 2 rings (SSSR count). The van der Waals surface area contributed by atoms with E-state index in [-0.39, 0.29) is 12.0 Å². The van der Waals surface area contributed by atoms with Gasteiger partial charge in [-0.3, -0.25) is 4.79 Å². The average Bonchev–Trinajstić information content (AvgIpc) is 3.01. The van der Waals surface area contributed by atoms with E-state index in [9.17, 15) is 9.90 Å². The Balaban J connectivity index is 1.91. The number of benzene rings is 1. The summed E-state index contributed by atoms with van der Waals surface area (Å²) in [6.07, 6.45) is 2.14. The van der Waals surface area contributed by atoms with Gasteiger partial charge in [0, 0.05) is 17.7 Å². The molecule has 0 spiro atoms. The highest BCUT2D eigenvalue weighted by atomic mass is 16.4. The quantitative estimate of drug-likeness (QED) is 0.836. The molecule has 106 valence electrons. The van der Waals surface area contributed by atoms with Crippen molar-refractivity contribution >= 4 is 5.91 Å². The van der Waals surface area contributed by atoms with Crippen LogP contribution in [0.4, 0.5) is 0 Å². The number of aliphatic hydroxyl groups is 1.